The van der Waals surface area contributed by atoms with E-state index in [4.69, 9.17) is 4.74 Å². The van der Waals surface area contributed by atoms with Crippen molar-refractivity contribution in [2.45, 2.75) is 20.4 Å². The van der Waals surface area contributed by atoms with Crippen molar-refractivity contribution in [2.75, 3.05) is 38.3 Å². The summed E-state index contributed by atoms with van der Waals surface area (Å²) in [6.45, 7) is 8.34. The monoisotopic (exact) mass is 238 g/mol. The van der Waals surface area contributed by atoms with Crippen LogP contribution in [0.4, 0.5) is 5.95 Å². The summed E-state index contributed by atoms with van der Waals surface area (Å²) in [5, 5.41) is 3.25. The van der Waals surface area contributed by atoms with E-state index in [1.807, 2.05) is 12.4 Å². The Morgan fingerprint density at radius 3 is 2.53 bits per heavy atom. The van der Waals surface area contributed by atoms with Crippen LogP contribution in [-0.2, 0) is 11.3 Å². The molecule has 0 aliphatic heterocycles. The smallest absolute Gasteiger partial charge is 0.225 e. The van der Waals surface area contributed by atoms with E-state index in [2.05, 4.69) is 34.0 Å². The summed E-state index contributed by atoms with van der Waals surface area (Å²) in [5.41, 5.74) is 1.11. The Bertz CT molecular complexity index is 302. The minimum Gasteiger partial charge on any atom is -0.383 e. The van der Waals surface area contributed by atoms with Gasteiger partial charge in [0.05, 0.1) is 6.61 Å². The van der Waals surface area contributed by atoms with E-state index in [0.29, 0.717) is 6.61 Å². The van der Waals surface area contributed by atoms with Crippen LogP contribution in [0.1, 0.15) is 19.4 Å². The number of nitrogens with one attached hydrogen (secondary N) is 1. The molecule has 1 aromatic heterocycles. The van der Waals surface area contributed by atoms with Gasteiger partial charge in [-0.3, -0.25) is 0 Å². The number of hydrogen-bond acceptors (Lipinski definition) is 5. The molecule has 0 aliphatic carbocycles. The third-order valence-corrected chi connectivity index (χ3v) is 2.50. The average molecular weight is 238 g/mol. The highest BCUT2D eigenvalue weighted by Crippen LogP contribution is 2.06. The van der Waals surface area contributed by atoms with Gasteiger partial charge >= 0.3 is 0 Å². The van der Waals surface area contributed by atoms with Gasteiger partial charge < -0.3 is 15.0 Å². The summed E-state index contributed by atoms with van der Waals surface area (Å²) in [6.07, 6.45) is 3.75. The molecule has 0 saturated heterocycles. The van der Waals surface area contributed by atoms with Crippen molar-refractivity contribution in [3.05, 3.63) is 18.0 Å². The topological polar surface area (TPSA) is 50.3 Å². The second-order valence-electron chi connectivity index (χ2n) is 3.74. The van der Waals surface area contributed by atoms with Gasteiger partial charge in [-0.25, -0.2) is 9.97 Å². The average Bonchev–Trinajstić information content (AvgIpc) is 2.38. The lowest BCUT2D eigenvalue weighted by Crippen LogP contribution is -2.28. The quantitative estimate of drug-likeness (QED) is 0.734. The van der Waals surface area contributed by atoms with E-state index in [1.54, 1.807) is 7.11 Å². The van der Waals surface area contributed by atoms with E-state index in [1.165, 1.54) is 0 Å². The van der Waals surface area contributed by atoms with Gasteiger partial charge in [0.1, 0.15) is 0 Å². The number of nitrogens with zero attached hydrogens (tertiary/aromatic N) is 3. The Morgan fingerprint density at radius 2 is 2.00 bits per heavy atom. The molecule has 0 radical (unpaired) electrons. The predicted octanol–water partition coefficient (Wildman–Crippen LogP) is 1.06. The molecule has 0 unspecified atom stereocenters. The summed E-state index contributed by atoms with van der Waals surface area (Å²) in [4.78, 5) is 10.8. The van der Waals surface area contributed by atoms with Gasteiger partial charge in [-0.1, -0.05) is 6.92 Å². The van der Waals surface area contributed by atoms with Crippen molar-refractivity contribution in [2.24, 2.45) is 0 Å². The fourth-order valence-corrected chi connectivity index (χ4v) is 1.47. The third kappa shape index (κ3) is 4.66. The van der Waals surface area contributed by atoms with Gasteiger partial charge in [-0.15, -0.1) is 0 Å². The molecule has 1 rings (SSSR count). The first kappa shape index (κ1) is 13.9. The van der Waals surface area contributed by atoms with Gasteiger partial charge in [0.15, 0.2) is 0 Å². The largest absolute Gasteiger partial charge is 0.383 e. The summed E-state index contributed by atoms with van der Waals surface area (Å²) < 4.78 is 5.07. The zero-order valence-electron chi connectivity index (χ0n) is 10.9. The molecule has 0 aliphatic rings. The molecule has 1 N–H and O–H groups in total. The highest BCUT2D eigenvalue weighted by atomic mass is 16.5. The van der Waals surface area contributed by atoms with Crippen LogP contribution in [0.15, 0.2) is 12.4 Å². The van der Waals surface area contributed by atoms with Crippen molar-refractivity contribution < 1.29 is 4.74 Å². The van der Waals surface area contributed by atoms with Crippen LogP contribution >= 0.6 is 0 Å². The lowest BCUT2D eigenvalue weighted by Gasteiger charge is -2.20. The van der Waals surface area contributed by atoms with Crippen molar-refractivity contribution >= 4 is 5.95 Å². The first-order valence-corrected chi connectivity index (χ1v) is 6.07. The van der Waals surface area contributed by atoms with Crippen LogP contribution < -0.4 is 10.2 Å². The van der Waals surface area contributed by atoms with Crippen LogP contribution in [0.5, 0.6) is 0 Å². The number of ether oxygens (including phenoxy) is 1. The van der Waals surface area contributed by atoms with E-state index >= 15 is 0 Å². The fraction of sp³-hybridized carbons (Fsp3) is 0.667. The highest BCUT2D eigenvalue weighted by Gasteiger charge is 2.06. The number of hydrogen-bond donors (Lipinski definition) is 1. The molecule has 0 amide bonds. The number of rotatable bonds is 8. The molecule has 0 bridgehead atoms. The first-order chi connectivity index (χ1) is 8.31. The van der Waals surface area contributed by atoms with Gasteiger partial charge in [0, 0.05) is 44.7 Å². The molecule has 17 heavy (non-hydrogen) atoms. The van der Waals surface area contributed by atoms with Crippen molar-refractivity contribution in [3.8, 4) is 0 Å². The fourth-order valence-electron chi connectivity index (χ4n) is 1.47. The highest BCUT2D eigenvalue weighted by molar-refractivity contribution is 5.29. The maximum atomic E-state index is 5.07. The molecule has 0 fully saturated rings. The molecule has 1 aromatic rings. The molecular formula is C12H22N4O. The number of likely N-dealkylation sites (N-methyl/N-ethyl adjacent to an activating group) is 1. The minimum absolute atomic E-state index is 0.691. The van der Waals surface area contributed by atoms with Gasteiger partial charge in [0.25, 0.3) is 0 Å². The molecule has 96 valence electrons. The normalized spacial score (nSPS) is 10.5. The molecular weight excluding hydrogens is 216 g/mol. The lowest BCUT2D eigenvalue weighted by atomic mass is 10.3. The SMILES string of the molecule is CCNCc1cnc(N(CC)CCOC)nc1. The molecule has 1 heterocycles. The van der Waals surface area contributed by atoms with E-state index in [0.717, 1.165) is 37.7 Å². The van der Waals surface area contributed by atoms with Gasteiger partial charge in [0.2, 0.25) is 5.95 Å². The third-order valence-electron chi connectivity index (χ3n) is 2.50. The maximum Gasteiger partial charge on any atom is 0.225 e. The summed E-state index contributed by atoms with van der Waals surface area (Å²) in [6, 6.07) is 0. The van der Waals surface area contributed by atoms with Crippen LogP contribution in [0.25, 0.3) is 0 Å². The van der Waals surface area contributed by atoms with Crippen LogP contribution in [0, 0.1) is 0 Å². The molecule has 0 spiro atoms. The second-order valence-corrected chi connectivity index (χ2v) is 3.74. The van der Waals surface area contributed by atoms with Crippen LogP contribution in [0.2, 0.25) is 0 Å². The first-order valence-electron chi connectivity index (χ1n) is 6.07. The van der Waals surface area contributed by atoms with Crippen molar-refractivity contribution in [1.29, 1.82) is 0 Å². The lowest BCUT2D eigenvalue weighted by molar-refractivity contribution is 0.205. The Labute approximate surface area is 103 Å². The Hall–Kier alpha value is -1.20. The van der Waals surface area contributed by atoms with Gasteiger partial charge in [-0.2, -0.15) is 0 Å². The molecule has 0 saturated carbocycles. The minimum atomic E-state index is 0.691. The second kappa shape index (κ2) is 7.97. The zero-order valence-corrected chi connectivity index (χ0v) is 10.9. The predicted molar refractivity (Wildman–Crippen MR) is 69.2 cm³/mol. The molecule has 5 heteroatoms. The Kier molecular flexibility index (Phi) is 6.50. The summed E-state index contributed by atoms with van der Waals surface area (Å²) >= 11 is 0. The van der Waals surface area contributed by atoms with E-state index in [9.17, 15) is 0 Å². The van der Waals surface area contributed by atoms with Crippen LogP contribution in [-0.4, -0.2) is 43.3 Å². The van der Waals surface area contributed by atoms with E-state index in [-0.39, 0.29) is 0 Å². The van der Waals surface area contributed by atoms with Crippen molar-refractivity contribution in [1.82, 2.24) is 15.3 Å². The number of anilines is 1. The molecule has 0 atom stereocenters. The standard InChI is InChI=1S/C12H22N4O/c1-4-13-8-11-9-14-12(15-10-11)16(5-2)6-7-17-3/h9-10,13H,4-8H2,1-3H3. The maximum absolute atomic E-state index is 5.07. The van der Waals surface area contributed by atoms with Crippen molar-refractivity contribution in [3.63, 3.8) is 0 Å². The number of methoxy groups -OCH3 is 1. The Balaban J connectivity index is 2.57. The number of aromatic nitrogens is 2. The van der Waals surface area contributed by atoms with E-state index < -0.39 is 0 Å². The van der Waals surface area contributed by atoms with Gasteiger partial charge in [-0.05, 0) is 13.5 Å². The van der Waals surface area contributed by atoms with Crippen LogP contribution in [0.3, 0.4) is 0 Å². The molecule has 0 aromatic carbocycles. The zero-order chi connectivity index (χ0) is 12.5. The molecule has 5 nitrogen and oxygen atoms in total. The summed E-state index contributed by atoms with van der Waals surface area (Å²) in [5.74, 6) is 0.768. The Morgan fingerprint density at radius 1 is 1.29 bits per heavy atom. The summed E-state index contributed by atoms with van der Waals surface area (Å²) in [7, 11) is 1.70.